The molecule has 2 nitrogen and oxygen atoms in total. The van der Waals surface area contributed by atoms with Crippen molar-refractivity contribution >= 4 is 5.97 Å². The third kappa shape index (κ3) is 4.26. The van der Waals surface area contributed by atoms with E-state index in [0.717, 1.165) is 0 Å². The highest BCUT2D eigenvalue weighted by atomic mass is 19.4. The molecule has 168 valence electrons. The number of carbonyl (C=O) groups excluding carboxylic acids is 1. The number of carbonyl (C=O) groups is 1. The monoisotopic (exact) mass is 448 g/mol. The van der Waals surface area contributed by atoms with Crippen molar-refractivity contribution in [3.63, 3.8) is 0 Å². The van der Waals surface area contributed by atoms with E-state index in [1.807, 2.05) is 0 Å². The van der Waals surface area contributed by atoms with Gasteiger partial charge in [-0.1, -0.05) is 13.8 Å². The third-order valence-electron chi connectivity index (χ3n) is 3.41. The molecule has 0 saturated heterocycles. The Labute approximate surface area is 149 Å². The molecule has 0 aromatic carbocycles. The number of rotatable bonds is 9. The van der Waals surface area contributed by atoms with Crippen LogP contribution in [0.25, 0.3) is 0 Å². The van der Waals surface area contributed by atoms with Crippen molar-refractivity contribution in [1.82, 2.24) is 0 Å². The minimum Gasteiger partial charge on any atom is -0.465 e. The molecule has 28 heavy (non-hydrogen) atoms. The summed E-state index contributed by atoms with van der Waals surface area (Å²) in [5.74, 6) is -41.2. The molecule has 0 fully saturated rings. The Morgan fingerprint density at radius 3 is 1.50 bits per heavy atom. The van der Waals surface area contributed by atoms with Crippen LogP contribution < -0.4 is 0 Å². The van der Waals surface area contributed by atoms with E-state index < -0.39 is 60.7 Å². The minimum atomic E-state index is -7.95. The van der Waals surface area contributed by atoms with Crippen LogP contribution >= 0.6 is 0 Å². The molecular formula is C13H13F13O2. The van der Waals surface area contributed by atoms with Crippen LogP contribution in [0.2, 0.25) is 0 Å². The minimum absolute atomic E-state index is 0.127. The normalized spacial score (nSPS) is 16.1. The van der Waals surface area contributed by atoms with Crippen LogP contribution in [0.5, 0.6) is 0 Å². The van der Waals surface area contributed by atoms with Crippen LogP contribution in [0.4, 0.5) is 57.1 Å². The molecule has 0 saturated carbocycles. The Morgan fingerprint density at radius 1 is 0.750 bits per heavy atom. The smallest absolute Gasteiger partial charge is 0.460 e. The van der Waals surface area contributed by atoms with Crippen molar-refractivity contribution in [2.75, 3.05) is 6.61 Å². The number of ether oxygens (including phenoxy) is 1. The lowest BCUT2D eigenvalue weighted by molar-refractivity contribution is -0.440. The van der Waals surface area contributed by atoms with Gasteiger partial charge in [0.1, 0.15) is 0 Å². The van der Waals surface area contributed by atoms with E-state index in [9.17, 15) is 61.9 Å². The van der Waals surface area contributed by atoms with E-state index >= 15 is 0 Å². The number of alkyl halides is 13. The summed E-state index contributed by atoms with van der Waals surface area (Å²) >= 11 is 0. The van der Waals surface area contributed by atoms with Gasteiger partial charge >= 0.3 is 41.8 Å². The Balaban J connectivity index is 5.95. The van der Waals surface area contributed by atoms with E-state index in [-0.39, 0.29) is 6.42 Å². The van der Waals surface area contributed by atoms with Crippen molar-refractivity contribution in [3.05, 3.63) is 0 Å². The van der Waals surface area contributed by atoms with Gasteiger partial charge in [-0.25, -0.2) is 0 Å². The second-order valence-corrected chi connectivity index (χ2v) is 5.77. The first kappa shape index (κ1) is 26.6. The van der Waals surface area contributed by atoms with Gasteiger partial charge in [0, 0.05) is 6.42 Å². The Hall–Kier alpha value is -1.44. The molecule has 0 radical (unpaired) electrons. The van der Waals surface area contributed by atoms with Gasteiger partial charge in [-0.2, -0.15) is 57.1 Å². The maximum absolute atomic E-state index is 13.5. The molecule has 0 spiro atoms. The zero-order chi connectivity index (χ0) is 23.0. The highest BCUT2D eigenvalue weighted by Gasteiger charge is 2.90. The van der Waals surface area contributed by atoms with E-state index in [4.69, 9.17) is 0 Å². The summed E-state index contributed by atoms with van der Waals surface area (Å²) in [4.78, 5) is 11.2. The molecule has 0 aliphatic carbocycles. The highest BCUT2D eigenvalue weighted by Crippen LogP contribution is 2.60. The first-order valence-corrected chi connectivity index (χ1v) is 7.24. The van der Waals surface area contributed by atoms with Crippen LogP contribution in [0, 0.1) is 5.92 Å². The molecule has 0 aromatic rings. The second kappa shape index (κ2) is 7.76. The van der Waals surface area contributed by atoms with Gasteiger partial charge in [-0.15, -0.1) is 0 Å². The zero-order valence-corrected chi connectivity index (χ0v) is 13.9. The number of halogens is 13. The molecule has 0 aliphatic heterocycles. The van der Waals surface area contributed by atoms with E-state index in [2.05, 4.69) is 4.74 Å². The molecule has 0 aromatic heterocycles. The van der Waals surface area contributed by atoms with Crippen LogP contribution in [-0.4, -0.2) is 48.4 Å². The lowest BCUT2D eigenvalue weighted by atomic mass is 9.89. The van der Waals surface area contributed by atoms with Crippen molar-refractivity contribution < 1.29 is 66.6 Å². The molecule has 0 amide bonds. The van der Waals surface area contributed by atoms with E-state index in [1.54, 1.807) is 0 Å². The standard InChI is InChI=1S/C13H13F13O2/c1-3-4-28-7(27)6(2)5-8(14,15)9(16,17)10(18,19)11(20,21)12(22,23)13(24,25)26/h6H,3-5H2,1-2H3. The largest absolute Gasteiger partial charge is 0.465 e. The van der Waals surface area contributed by atoms with Gasteiger partial charge in [-0.05, 0) is 6.42 Å². The summed E-state index contributed by atoms with van der Waals surface area (Å²) in [6.07, 6.45) is -9.92. The first-order chi connectivity index (χ1) is 12.1. The van der Waals surface area contributed by atoms with Crippen LogP contribution in [0.15, 0.2) is 0 Å². The molecule has 1 atom stereocenters. The maximum atomic E-state index is 13.5. The summed E-state index contributed by atoms with van der Waals surface area (Å²) < 4.78 is 172. The van der Waals surface area contributed by atoms with Gasteiger partial charge in [-0.3, -0.25) is 4.79 Å². The number of hydrogen-bond acceptors (Lipinski definition) is 2. The quantitative estimate of drug-likeness (QED) is 0.334. The Kier molecular flexibility index (Phi) is 7.37. The molecule has 0 heterocycles. The predicted molar refractivity (Wildman–Crippen MR) is 65.8 cm³/mol. The Morgan fingerprint density at radius 2 is 1.14 bits per heavy atom. The van der Waals surface area contributed by atoms with Gasteiger partial charge in [0.2, 0.25) is 0 Å². The van der Waals surface area contributed by atoms with Crippen LogP contribution in [-0.2, 0) is 9.53 Å². The highest BCUT2D eigenvalue weighted by molar-refractivity contribution is 5.72. The predicted octanol–water partition coefficient (Wildman–Crippen LogP) is 5.70. The third-order valence-corrected chi connectivity index (χ3v) is 3.41. The van der Waals surface area contributed by atoms with E-state index in [0.29, 0.717) is 6.92 Å². The maximum Gasteiger partial charge on any atom is 0.460 e. The molecule has 0 aliphatic rings. The summed E-state index contributed by atoms with van der Waals surface area (Å²) in [5, 5.41) is 0. The van der Waals surface area contributed by atoms with Crippen molar-refractivity contribution in [2.24, 2.45) is 5.92 Å². The number of hydrogen-bond donors (Lipinski definition) is 0. The van der Waals surface area contributed by atoms with Crippen molar-refractivity contribution in [2.45, 2.75) is 62.5 Å². The lowest BCUT2D eigenvalue weighted by Crippen LogP contribution is -2.70. The van der Waals surface area contributed by atoms with Crippen molar-refractivity contribution in [3.8, 4) is 0 Å². The fraction of sp³-hybridized carbons (Fsp3) is 0.923. The molecule has 1 unspecified atom stereocenters. The summed E-state index contributed by atoms with van der Waals surface area (Å²) in [7, 11) is 0. The molecular weight excluding hydrogens is 435 g/mol. The summed E-state index contributed by atoms with van der Waals surface area (Å²) in [5.41, 5.74) is 0. The lowest BCUT2D eigenvalue weighted by Gasteiger charge is -2.40. The molecule has 0 rings (SSSR count). The summed E-state index contributed by atoms with van der Waals surface area (Å²) in [6.45, 7) is 1.46. The van der Waals surface area contributed by atoms with Crippen LogP contribution in [0.3, 0.4) is 0 Å². The Bertz CT molecular complexity index is 553. The van der Waals surface area contributed by atoms with Gasteiger partial charge < -0.3 is 4.74 Å². The van der Waals surface area contributed by atoms with Gasteiger partial charge in [0.15, 0.2) is 0 Å². The fourth-order valence-corrected chi connectivity index (χ4v) is 1.74. The molecule has 0 bridgehead atoms. The first-order valence-electron chi connectivity index (χ1n) is 7.24. The molecule has 0 N–H and O–H groups in total. The second-order valence-electron chi connectivity index (χ2n) is 5.77. The molecule has 15 heteroatoms. The number of esters is 1. The summed E-state index contributed by atoms with van der Waals surface area (Å²) in [6, 6.07) is 0. The van der Waals surface area contributed by atoms with E-state index in [1.165, 1.54) is 6.92 Å². The van der Waals surface area contributed by atoms with Gasteiger partial charge in [0.25, 0.3) is 0 Å². The van der Waals surface area contributed by atoms with Gasteiger partial charge in [0.05, 0.1) is 12.5 Å². The SMILES string of the molecule is CCCOC(=O)C(C)CC(F)(F)C(F)(F)C(F)(F)C(F)(F)C(F)(F)C(F)(F)F. The average molecular weight is 448 g/mol. The van der Waals surface area contributed by atoms with Crippen molar-refractivity contribution in [1.29, 1.82) is 0 Å². The van der Waals surface area contributed by atoms with Crippen LogP contribution in [0.1, 0.15) is 26.7 Å². The zero-order valence-electron chi connectivity index (χ0n) is 13.9. The fourth-order valence-electron chi connectivity index (χ4n) is 1.74. The average Bonchev–Trinajstić information content (AvgIpc) is 2.50. The topological polar surface area (TPSA) is 26.3 Å².